The van der Waals surface area contributed by atoms with Gasteiger partial charge < -0.3 is 23.4 Å². The molecule has 2 aromatic carbocycles. The number of hydrogen-bond donors (Lipinski definition) is 0. The summed E-state index contributed by atoms with van der Waals surface area (Å²) in [4.78, 5) is 0. The molecule has 2 aromatic rings. The molecule has 1 aliphatic carbocycles. The second-order valence-corrected chi connectivity index (χ2v) is 7.41. The van der Waals surface area contributed by atoms with Crippen LogP contribution in [0, 0.1) is 30.1 Å². The van der Waals surface area contributed by atoms with E-state index in [1.54, 1.807) is 0 Å². The quantitative estimate of drug-likeness (QED) is 0.339. The van der Waals surface area contributed by atoms with E-state index >= 15 is 0 Å². The number of nitrogens with one attached hydrogen (secondary N) is 2. The average Bonchev–Trinajstić information content (AvgIpc) is 2.95. The normalized spacial score (nSPS) is 24.3. The molecule has 1 fully saturated rings. The molecule has 0 aromatic heterocycles. The second-order valence-electron chi connectivity index (χ2n) is 7.41. The third kappa shape index (κ3) is 9.11. The van der Waals surface area contributed by atoms with E-state index in [1.807, 2.05) is 74.5 Å². The van der Waals surface area contributed by atoms with Crippen LogP contribution >= 0.6 is 0 Å². The van der Waals surface area contributed by atoms with Crippen LogP contribution in [0.5, 0.6) is 0 Å². The third-order valence-electron chi connectivity index (χ3n) is 5.75. The summed E-state index contributed by atoms with van der Waals surface area (Å²) in [6.45, 7) is 13.4. The Balaban J connectivity index is 0. The Morgan fingerprint density at radius 1 is 0.655 bits per heavy atom. The van der Waals surface area contributed by atoms with Crippen LogP contribution in [-0.4, -0.2) is 5.48 Å². The molecule has 0 saturated heterocycles. The minimum absolute atomic E-state index is 0. The SMILES string of the molecule is CC.CC1[CH-]C(C)C(C)C1C.O.[Ir+3].[NH-][C@H](c1ccccc1)[C@H]([NH-])c1ccccc1. The first-order valence-corrected chi connectivity index (χ1v) is 10.3. The van der Waals surface area contributed by atoms with Crippen molar-refractivity contribution < 1.29 is 25.6 Å². The van der Waals surface area contributed by atoms with Crippen molar-refractivity contribution in [2.24, 2.45) is 23.7 Å². The Hall–Kier alpha value is -1.03. The Morgan fingerprint density at radius 2 is 0.931 bits per heavy atom. The summed E-state index contributed by atoms with van der Waals surface area (Å²) in [6, 6.07) is 18.1. The van der Waals surface area contributed by atoms with E-state index in [2.05, 4.69) is 34.1 Å². The maximum atomic E-state index is 8.07. The average molecular weight is 576 g/mol. The van der Waals surface area contributed by atoms with Gasteiger partial charge in [0, 0.05) is 0 Å². The first-order chi connectivity index (χ1) is 12.9. The standard InChI is InChI=1S/C14H14N2.C9H17.C2H6.Ir.H2O/c15-13(11-7-3-1-4-8-11)14(16)12-9-5-2-6-10-12;1-6-5-7(2)9(4)8(6)3;1-2;;/h1-10,13-16H;5-9H,1-4H3;1-2H3;;1H2/q-2;-1;;+3;/t13-,14-;;;;/m1..../s1. The summed E-state index contributed by atoms with van der Waals surface area (Å²) < 4.78 is 0. The predicted octanol–water partition coefficient (Wildman–Crippen LogP) is 7.52. The van der Waals surface area contributed by atoms with Crippen molar-refractivity contribution in [3.63, 3.8) is 0 Å². The van der Waals surface area contributed by atoms with Crippen LogP contribution in [-0.2, 0) is 20.1 Å². The fourth-order valence-electron chi connectivity index (χ4n) is 3.49. The van der Waals surface area contributed by atoms with E-state index in [0.717, 1.165) is 34.8 Å². The fraction of sp³-hybridized carbons (Fsp3) is 0.480. The van der Waals surface area contributed by atoms with Crippen molar-refractivity contribution in [2.45, 2.75) is 53.6 Å². The molecule has 3 nitrogen and oxygen atoms in total. The van der Waals surface area contributed by atoms with Crippen LogP contribution in [0.25, 0.3) is 11.5 Å². The monoisotopic (exact) mass is 576 g/mol. The van der Waals surface area contributed by atoms with Crippen molar-refractivity contribution in [3.8, 4) is 0 Å². The zero-order chi connectivity index (χ0) is 20.4. The third-order valence-corrected chi connectivity index (χ3v) is 5.75. The zero-order valence-electron chi connectivity index (χ0n) is 18.6. The smallest absolute Gasteiger partial charge is 0.672 e. The van der Waals surface area contributed by atoms with Gasteiger partial charge in [0.15, 0.2) is 0 Å². The van der Waals surface area contributed by atoms with E-state index in [-0.39, 0.29) is 25.6 Å². The van der Waals surface area contributed by atoms with E-state index < -0.39 is 12.1 Å². The van der Waals surface area contributed by atoms with Crippen LogP contribution in [0.4, 0.5) is 0 Å². The van der Waals surface area contributed by atoms with Gasteiger partial charge in [0.2, 0.25) is 0 Å². The second kappa shape index (κ2) is 15.8. The molecule has 4 heteroatoms. The molecule has 4 N–H and O–H groups in total. The van der Waals surface area contributed by atoms with Gasteiger partial charge in [-0.1, -0.05) is 125 Å². The van der Waals surface area contributed by atoms with E-state index in [1.165, 1.54) is 0 Å². The molecule has 29 heavy (non-hydrogen) atoms. The topological polar surface area (TPSA) is 79.1 Å². The molecule has 1 saturated carbocycles. The van der Waals surface area contributed by atoms with Crippen LogP contribution < -0.4 is 0 Å². The molecular weight excluding hydrogens is 537 g/mol. The van der Waals surface area contributed by atoms with Gasteiger partial charge in [-0.2, -0.15) is 11.8 Å². The van der Waals surface area contributed by atoms with E-state index in [9.17, 15) is 0 Å². The molecule has 0 heterocycles. The zero-order valence-corrected chi connectivity index (χ0v) is 21.0. The maximum absolute atomic E-state index is 8.07. The molecule has 3 rings (SSSR count). The summed E-state index contributed by atoms with van der Waals surface area (Å²) in [5.74, 6) is 3.49. The first-order valence-electron chi connectivity index (χ1n) is 10.3. The predicted molar refractivity (Wildman–Crippen MR) is 123 cm³/mol. The number of hydrogen-bond acceptors (Lipinski definition) is 0. The number of benzene rings is 2. The van der Waals surface area contributed by atoms with Crippen LogP contribution in [0.2, 0.25) is 0 Å². The first kappa shape index (κ1) is 30.2. The summed E-state index contributed by atoms with van der Waals surface area (Å²) >= 11 is 0. The summed E-state index contributed by atoms with van der Waals surface area (Å²) in [5.41, 5.74) is 17.9. The molecule has 164 valence electrons. The van der Waals surface area contributed by atoms with Crippen molar-refractivity contribution >= 4 is 0 Å². The van der Waals surface area contributed by atoms with Crippen LogP contribution in [0.15, 0.2) is 60.7 Å². The summed E-state index contributed by atoms with van der Waals surface area (Å²) in [7, 11) is 0. The molecule has 0 amide bonds. The molecular formula is C25H39IrN2O. The Labute approximate surface area is 192 Å². The molecule has 0 bridgehead atoms. The van der Waals surface area contributed by atoms with Gasteiger partial charge in [-0.15, -0.1) is 12.1 Å². The summed E-state index contributed by atoms with van der Waals surface area (Å²) in [6.07, 6.45) is 2.48. The number of rotatable bonds is 3. The van der Waals surface area contributed by atoms with Gasteiger partial charge in [-0.3, -0.25) is 0 Å². The van der Waals surface area contributed by atoms with Gasteiger partial charge in [0.1, 0.15) is 0 Å². The van der Waals surface area contributed by atoms with Crippen molar-refractivity contribution in [3.05, 3.63) is 89.7 Å². The van der Waals surface area contributed by atoms with Gasteiger partial charge in [0.05, 0.1) is 0 Å². The Bertz CT molecular complexity index is 568. The van der Waals surface area contributed by atoms with Gasteiger partial charge in [0.25, 0.3) is 0 Å². The Kier molecular flexibility index (Phi) is 16.4. The van der Waals surface area contributed by atoms with Crippen molar-refractivity contribution in [1.29, 1.82) is 0 Å². The van der Waals surface area contributed by atoms with Crippen molar-refractivity contribution in [1.82, 2.24) is 0 Å². The van der Waals surface area contributed by atoms with E-state index in [0.29, 0.717) is 0 Å². The molecule has 4 unspecified atom stereocenters. The molecule has 1 aliphatic rings. The van der Waals surface area contributed by atoms with E-state index in [4.69, 9.17) is 11.5 Å². The van der Waals surface area contributed by atoms with Crippen molar-refractivity contribution in [2.75, 3.05) is 0 Å². The largest absolute Gasteiger partial charge is 3.00 e. The minimum atomic E-state index is -0.524. The van der Waals surface area contributed by atoms with Crippen LogP contribution in [0.3, 0.4) is 0 Å². The fourth-order valence-corrected chi connectivity index (χ4v) is 3.49. The molecule has 6 atom stereocenters. The maximum Gasteiger partial charge on any atom is 3.00 e. The minimum Gasteiger partial charge on any atom is -0.672 e. The molecule has 0 spiro atoms. The van der Waals surface area contributed by atoms with Gasteiger partial charge in [-0.05, 0) is 0 Å². The molecule has 0 aliphatic heterocycles. The van der Waals surface area contributed by atoms with Crippen LogP contribution in [0.1, 0.15) is 64.8 Å². The summed E-state index contributed by atoms with van der Waals surface area (Å²) in [5, 5.41) is 0. The van der Waals surface area contributed by atoms with Gasteiger partial charge in [-0.25, -0.2) is 0 Å². The molecule has 0 radical (unpaired) electrons. The van der Waals surface area contributed by atoms with Gasteiger partial charge >= 0.3 is 20.1 Å². The Morgan fingerprint density at radius 3 is 1.14 bits per heavy atom.